The van der Waals surface area contributed by atoms with Crippen molar-refractivity contribution in [3.63, 3.8) is 0 Å². The number of pyridine rings is 2. The lowest BCUT2D eigenvalue weighted by atomic mass is 10.2. The number of nitrogens with one attached hydrogen (secondary N) is 1. The van der Waals surface area contributed by atoms with E-state index in [2.05, 4.69) is 20.4 Å². The molecule has 1 atom stereocenters. The van der Waals surface area contributed by atoms with Gasteiger partial charge in [-0.3, -0.25) is 9.36 Å². The first-order valence-electron chi connectivity index (χ1n) is 10.0. The molecular weight excluding hydrogens is 483 g/mol. The number of anilines is 1. The molecule has 35 heavy (non-hydrogen) atoms. The first-order chi connectivity index (χ1) is 16.4. The number of aliphatic hydroxyl groups is 1. The van der Waals surface area contributed by atoms with Gasteiger partial charge >= 0.3 is 11.9 Å². The van der Waals surface area contributed by atoms with E-state index in [4.69, 9.17) is 4.74 Å². The average molecular weight is 502 g/mol. The zero-order valence-electron chi connectivity index (χ0n) is 18.5. The van der Waals surface area contributed by atoms with Crippen LogP contribution in [0.3, 0.4) is 0 Å². The van der Waals surface area contributed by atoms with Gasteiger partial charge in [-0.2, -0.15) is 27.2 Å². The summed E-state index contributed by atoms with van der Waals surface area (Å²) in [5, 5.41) is 15.2. The number of hydrogen-bond donors (Lipinski definition) is 2. The first-order valence-corrected chi connectivity index (χ1v) is 10.0. The lowest BCUT2D eigenvalue weighted by Crippen LogP contribution is -2.33. The van der Waals surface area contributed by atoms with Crippen LogP contribution in [0.1, 0.15) is 35.6 Å². The van der Waals surface area contributed by atoms with Gasteiger partial charge in [-0.15, -0.1) is 5.10 Å². The van der Waals surface area contributed by atoms with Crippen LogP contribution < -0.4 is 15.7 Å². The summed E-state index contributed by atoms with van der Waals surface area (Å²) in [6.45, 7) is 2.95. The average Bonchev–Trinajstić information content (AvgIpc) is 3.11. The van der Waals surface area contributed by atoms with Crippen LogP contribution in [0.5, 0.6) is 5.88 Å². The summed E-state index contributed by atoms with van der Waals surface area (Å²) in [5.74, 6) is -5.67. The molecule has 3 rings (SSSR count). The minimum absolute atomic E-state index is 0.0430. The molecule has 0 unspecified atom stereocenters. The molecule has 2 N–H and O–H groups in total. The van der Waals surface area contributed by atoms with Gasteiger partial charge in [0.1, 0.15) is 12.2 Å². The number of aliphatic hydroxyl groups excluding tert-OH is 1. The molecule has 0 radical (unpaired) electrons. The highest BCUT2D eigenvalue weighted by Crippen LogP contribution is 2.29. The van der Waals surface area contributed by atoms with Gasteiger partial charge < -0.3 is 15.2 Å². The van der Waals surface area contributed by atoms with Crippen molar-refractivity contribution >= 4 is 11.6 Å². The summed E-state index contributed by atoms with van der Waals surface area (Å²) in [4.78, 5) is 32.4. The number of alkyl halides is 3. The molecule has 0 bridgehead atoms. The van der Waals surface area contributed by atoms with E-state index in [9.17, 15) is 36.6 Å². The van der Waals surface area contributed by atoms with Crippen LogP contribution in [0.25, 0.3) is 5.82 Å². The maximum Gasteiger partial charge on any atom is 0.425 e. The van der Waals surface area contributed by atoms with Crippen LogP contribution in [0.4, 0.5) is 27.6 Å². The van der Waals surface area contributed by atoms with Crippen molar-refractivity contribution in [1.29, 1.82) is 0 Å². The van der Waals surface area contributed by atoms with Gasteiger partial charge in [0.05, 0.1) is 5.69 Å². The molecular formula is C20H19F5N6O4. The number of aryl methyl sites for hydroxylation is 1. The standard InChI is InChI=1S/C20H19F5N6O4/c1-4-30-13(8-32)29-31(19(30)34)16-12(21)7-11(18(28-16)35-10(3)20(23,24)25)17(33)27-14-9(2)5-6-26-15(14)22/h5-7,10,32H,4,8H2,1-3H3,(H,27,33)/t10-/m0/s1. The van der Waals surface area contributed by atoms with Gasteiger partial charge in [0, 0.05) is 12.7 Å². The Bertz CT molecular complexity index is 1300. The minimum Gasteiger partial charge on any atom is -0.464 e. The quantitative estimate of drug-likeness (QED) is 0.376. The van der Waals surface area contributed by atoms with Crippen molar-refractivity contribution in [1.82, 2.24) is 24.3 Å². The third-order valence-electron chi connectivity index (χ3n) is 4.87. The number of halogens is 5. The number of carbonyl (C=O) groups is 1. The van der Waals surface area contributed by atoms with Gasteiger partial charge in [0.15, 0.2) is 23.6 Å². The zero-order valence-corrected chi connectivity index (χ0v) is 18.5. The molecule has 188 valence electrons. The molecule has 0 aliphatic rings. The van der Waals surface area contributed by atoms with Crippen LogP contribution in [0, 0.1) is 18.7 Å². The zero-order chi connectivity index (χ0) is 26.1. The highest BCUT2D eigenvalue weighted by atomic mass is 19.4. The van der Waals surface area contributed by atoms with Crippen molar-refractivity contribution in [2.45, 2.75) is 46.2 Å². The Morgan fingerprint density at radius 1 is 1.31 bits per heavy atom. The third kappa shape index (κ3) is 5.13. The van der Waals surface area contributed by atoms with E-state index in [0.29, 0.717) is 17.7 Å². The van der Waals surface area contributed by atoms with E-state index in [0.717, 1.165) is 10.8 Å². The summed E-state index contributed by atoms with van der Waals surface area (Å²) in [6.07, 6.45) is -6.25. The monoisotopic (exact) mass is 502 g/mol. The molecule has 0 aliphatic carbocycles. The number of hydrogen-bond acceptors (Lipinski definition) is 7. The van der Waals surface area contributed by atoms with Gasteiger partial charge in [-0.25, -0.2) is 14.2 Å². The number of rotatable bonds is 7. The Balaban J connectivity index is 2.16. The highest BCUT2D eigenvalue weighted by molar-refractivity contribution is 6.06. The van der Waals surface area contributed by atoms with Gasteiger partial charge in [0.2, 0.25) is 11.8 Å². The summed E-state index contributed by atoms with van der Waals surface area (Å²) in [6, 6.07) is 1.84. The van der Waals surface area contributed by atoms with E-state index in [1.807, 2.05) is 0 Å². The molecule has 0 spiro atoms. The first kappa shape index (κ1) is 25.7. The van der Waals surface area contributed by atoms with Crippen LogP contribution >= 0.6 is 0 Å². The second-order valence-corrected chi connectivity index (χ2v) is 7.21. The molecule has 0 saturated heterocycles. The van der Waals surface area contributed by atoms with E-state index in [1.54, 1.807) is 6.92 Å². The van der Waals surface area contributed by atoms with Gasteiger partial charge in [-0.1, -0.05) is 0 Å². The predicted molar refractivity (Wildman–Crippen MR) is 110 cm³/mol. The number of carbonyl (C=O) groups excluding carboxylic acids is 1. The number of aromatic nitrogens is 5. The second-order valence-electron chi connectivity index (χ2n) is 7.21. The lowest BCUT2D eigenvalue weighted by Gasteiger charge is -2.19. The predicted octanol–water partition coefficient (Wildman–Crippen LogP) is 2.50. The van der Waals surface area contributed by atoms with Crippen molar-refractivity contribution < 1.29 is 36.6 Å². The van der Waals surface area contributed by atoms with Crippen molar-refractivity contribution in [2.24, 2.45) is 0 Å². The minimum atomic E-state index is -4.89. The topological polar surface area (TPSA) is 124 Å². The lowest BCUT2D eigenvalue weighted by molar-refractivity contribution is -0.190. The third-order valence-corrected chi connectivity index (χ3v) is 4.87. The largest absolute Gasteiger partial charge is 0.464 e. The smallest absolute Gasteiger partial charge is 0.425 e. The molecule has 10 nitrogen and oxygen atoms in total. The van der Waals surface area contributed by atoms with Crippen molar-refractivity contribution in [3.05, 3.63) is 57.5 Å². The number of nitrogens with zero attached hydrogens (tertiary/aromatic N) is 5. The summed E-state index contributed by atoms with van der Waals surface area (Å²) in [5.41, 5.74) is -1.91. The molecule has 0 aliphatic heterocycles. The summed E-state index contributed by atoms with van der Waals surface area (Å²) >= 11 is 0. The van der Waals surface area contributed by atoms with Crippen LogP contribution in [0.2, 0.25) is 0 Å². The SMILES string of the molecule is CCn1c(CO)nn(-c2nc(O[C@@H](C)C(F)(F)F)c(C(=O)Nc3c(C)ccnc3F)cc2F)c1=O. The van der Waals surface area contributed by atoms with E-state index in [1.165, 1.54) is 13.0 Å². The maximum absolute atomic E-state index is 15.0. The van der Waals surface area contributed by atoms with Crippen LogP contribution in [-0.4, -0.2) is 47.6 Å². The molecule has 0 fully saturated rings. The fraction of sp³-hybridized carbons (Fsp3) is 0.350. The number of amides is 1. The van der Waals surface area contributed by atoms with Gasteiger partial charge in [0.25, 0.3) is 5.91 Å². The molecule has 0 saturated carbocycles. The van der Waals surface area contributed by atoms with Gasteiger partial charge in [-0.05, 0) is 38.5 Å². The van der Waals surface area contributed by atoms with Crippen molar-refractivity contribution in [2.75, 3.05) is 5.32 Å². The Kier molecular flexibility index (Phi) is 7.19. The normalized spacial score (nSPS) is 12.5. The second kappa shape index (κ2) is 9.77. The molecule has 15 heteroatoms. The Hall–Kier alpha value is -3.88. The summed E-state index contributed by atoms with van der Waals surface area (Å²) in [7, 11) is 0. The fourth-order valence-corrected chi connectivity index (χ4v) is 2.96. The number of ether oxygens (including phenoxy) is 1. The Morgan fingerprint density at radius 2 is 2.00 bits per heavy atom. The van der Waals surface area contributed by atoms with E-state index < -0.39 is 59.5 Å². The van der Waals surface area contributed by atoms with E-state index >= 15 is 0 Å². The Morgan fingerprint density at radius 3 is 2.54 bits per heavy atom. The highest BCUT2D eigenvalue weighted by Gasteiger charge is 2.39. The Labute approximate surface area is 194 Å². The fourth-order valence-electron chi connectivity index (χ4n) is 2.96. The molecule has 1 amide bonds. The van der Waals surface area contributed by atoms with Crippen LogP contribution in [0.15, 0.2) is 23.1 Å². The molecule has 3 aromatic rings. The van der Waals surface area contributed by atoms with E-state index in [-0.39, 0.29) is 23.6 Å². The van der Waals surface area contributed by atoms with Crippen LogP contribution in [-0.2, 0) is 13.2 Å². The molecule has 0 aromatic carbocycles. The maximum atomic E-state index is 15.0. The molecule has 3 aromatic heterocycles. The summed E-state index contributed by atoms with van der Waals surface area (Å²) < 4.78 is 74.7. The molecule has 3 heterocycles. The van der Waals surface area contributed by atoms with Crippen molar-refractivity contribution in [3.8, 4) is 11.7 Å².